The standard InChI is InChI=1S/C12H21NO2/c1-5-10(7-13)8(3)11(6-2)12(15)9(4)14/h5,8,10-11H,1,6-7,13H2,2-4H3/t8-,10-,11+/m1/s1. The van der Waals surface area contributed by atoms with Gasteiger partial charge in [0.1, 0.15) is 0 Å². The summed E-state index contributed by atoms with van der Waals surface area (Å²) in [6.45, 7) is 9.35. The molecule has 0 aromatic heterocycles. The molecule has 15 heavy (non-hydrogen) atoms. The smallest absolute Gasteiger partial charge is 0.201 e. The maximum atomic E-state index is 11.6. The number of carbonyl (C=O) groups excluding carboxylic acids is 2. The van der Waals surface area contributed by atoms with Gasteiger partial charge in [0.25, 0.3) is 0 Å². The number of Topliss-reactive ketones (excluding diaryl/α,β-unsaturated/α-hetero) is 2. The zero-order valence-electron chi connectivity index (χ0n) is 9.82. The highest BCUT2D eigenvalue weighted by Crippen LogP contribution is 2.25. The van der Waals surface area contributed by atoms with E-state index in [-0.39, 0.29) is 29.3 Å². The average molecular weight is 211 g/mol. The van der Waals surface area contributed by atoms with Gasteiger partial charge < -0.3 is 5.73 Å². The highest BCUT2D eigenvalue weighted by Gasteiger charge is 2.29. The Morgan fingerprint density at radius 2 is 2.00 bits per heavy atom. The van der Waals surface area contributed by atoms with Gasteiger partial charge in [0, 0.05) is 12.8 Å². The van der Waals surface area contributed by atoms with Crippen LogP contribution in [-0.2, 0) is 9.59 Å². The van der Waals surface area contributed by atoms with Crippen LogP contribution in [0.25, 0.3) is 0 Å². The molecule has 0 bridgehead atoms. The van der Waals surface area contributed by atoms with Crippen LogP contribution in [-0.4, -0.2) is 18.1 Å². The van der Waals surface area contributed by atoms with Crippen LogP contribution in [0.1, 0.15) is 27.2 Å². The van der Waals surface area contributed by atoms with Gasteiger partial charge in [-0.05, 0) is 24.8 Å². The van der Waals surface area contributed by atoms with E-state index in [2.05, 4.69) is 6.58 Å². The summed E-state index contributed by atoms with van der Waals surface area (Å²) >= 11 is 0. The second kappa shape index (κ2) is 6.51. The van der Waals surface area contributed by atoms with Crippen molar-refractivity contribution in [2.24, 2.45) is 23.5 Å². The molecule has 86 valence electrons. The molecule has 0 saturated heterocycles. The summed E-state index contributed by atoms with van der Waals surface area (Å²) in [6.07, 6.45) is 2.44. The van der Waals surface area contributed by atoms with Crippen molar-refractivity contribution in [2.45, 2.75) is 27.2 Å². The van der Waals surface area contributed by atoms with Crippen molar-refractivity contribution in [3.8, 4) is 0 Å². The number of rotatable bonds is 7. The third-order valence-corrected chi connectivity index (χ3v) is 3.01. The van der Waals surface area contributed by atoms with Crippen molar-refractivity contribution >= 4 is 11.6 Å². The Balaban J connectivity index is 4.73. The number of carbonyl (C=O) groups is 2. The van der Waals surface area contributed by atoms with Crippen molar-refractivity contribution in [3.05, 3.63) is 12.7 Å². The van der Waals surface area contributed by atoms with Gasteiger partial charge in [-0.1, -0.05) is 19.9 Å². The highest BCUT2D eigenvalue weighted by atomic mass is 16.2. The largest absolute Gasteiger partial charge is 0.330 e. The SMILES string of the molecule is C=C[C@H](CN)[C@@H](C)[C@H](CC)C(=O)C(C)=O. The third-order valence-electron chi connectivity index (χ3n) is 3.01. The molecule has 3 heteroatoms. The van der Waals surface area contributed by atoms with Crippen LogP contribution in [0.3, 0.4) is 0 Å². The minimum Gasteiger partial charge on any atom is -0.330 e. The van der Waals surface area contributed by atoms with Gasteiger partial charge in [-0.3, -0.25) is 9.59 Å². The molecule has 0 aliphatic heterocycles. The van der Waals surface area contributed by atoms with E-state index in [4.69, 9.17) is 5.73 Å². The molecule has 0 aliphatic carbocycles. The summed E-state index contributed by atoms with van der Waals surface area (Å²) in [7, 11) is 0. The fourth-order valence-corrected chi connectivity index (χ4v) is 1.88. The first kappa shape index (κ1) is 14.0. The molecule has 0 aromatic rings. The van der Waals surface area contributed by atoms with E-state index < -0.39 is 0 Å². The van der Waals surface area contributed by atoms with Crippen LogP contribution in [0.15, 0.2) is 12.7 Å². The number of ketones is 2. The molecule has 0 heterocycles. The molecule has 0 rings (SSSR count). The van der Waals surface area contributed by atoms with E-state index in [1.54, 1.807) is 6.08 Å². The summed E-state index contributed by atoms with van der Waals surface area (Å²) in [5.41, 5.74) is 5.59. The Morgan fingerprint density at radius 3 is 2.27 bits per heavy atom. The van der Waals surface area contributed by atoms with Crippen LogP contribution in [0.5, 0.6) is 0 Å². The first-order valence-electron chi connectivity index (χ1n) is 5.36. The summed E-state index contributed by atoms with van der Waals surface area (Å²) in [5.74, 6) is -0.708. The highest BCUT2D eigenvalue weighted by molar-refractivity contribution is 6.37. The minimum absolute atomic E-state index is 0.0777. The normalized spacial score (nSPS) is 16.5. The first-order chi connectivity index (χ1) is 6.99. The Bertz CT molecular complexity index is 248. The average Bonchev–Trinajstić information content (AvgIpc) is 2.20. The van der Waals surface area contributed by atoms with E-state index in [0.29, 0.717) is 13.0 Å². The van der Waals surface area contributed by atoms with Crippen molar-refractivity contribution in [1.82, 2.24) is 0 Å². The van der Waals surface area contributed by atoms with Crippen LogP contribution in [0.4, 0.5) is 0 Å². The lowest BCUT2D eigenvalue weighted by atomic mass is 9.78. The molecular weight excluding hydrogens is 190 g/mol. The summed E-state index contributed by atoms with van der Waals surface area (Å²) in [4.78, 5) is 22.7. The summed E-state index contributed by atoms with van der Waals surface area (Å²) in [5, 5.41) is 0. The molecule has 0 unspecified atom stereocenters. The Hall–Kier alpha value is -0.960. The fraction of sp³-hybridized carbons (Fsp3) is 0.667. The lowest BCUT2D eigenvalue weighted by Crippen LogP contribution is -2.33. The van der Waals surface area contributed by atoms with Gasteiger partial charge in [-0.25, -0.2) is 0 Å². The van der Waals surface area contributed by atoms with E-state index in [1.807, 2.05) is 13.8 Å². The second-order valence-electron chi connectivity index (χ2n) is 3.93. The zero-order chi connectivity index (χ0) is 12.0. The number of hydrogen-bond donors (Lipinski definition) is 1. The third kappa shape index (κ3) is 3.59. The Labute approximate surface area is 91.7 Å². The predicted molar refractivity (Wildman–Crippen MR) is 61.4 cm³/mol. The molecule has 0 aliphatic rings. The molecule has 3 nitrogen and oxygen atoms in total. The van der Waals surface area contributed by atoms with Crippen LogP contribution >= 0.6 is 0 Å². The van der Waals surface area contributed by atoms with E-state index >= 15 is 0 Å². The van der Waals surface area contributed by atoms with Crippen LogP contribution in [0, 0.1) is 17.8 Å². The Kier molecular flexibility index (Phi) is 6.09. The van der Waals surface area contributed by atoms with Crippen LogP contribution in [0.2, 0.25) is 0 Å². The molecule has 2 N–H and O–H groups in total. The lowest BCUT2D eigenvalue weighted by Gasteiger charge is -2.25. The number of nitrogens with two attached hydrogens (primary N) is 1. The van der Waals surface area contributed by atoms with Crippen molar-refractivity contribution in [1.29, 1.82) is 0 Å². The van der Waals surface area contributed by atoms with Gasteiger partial charge in [0.15, 0.2) is 5.78 Å². The molecular formula is C12H21NO2. The van der Waals surface area contributed by atoms with Gasteiger partial charge >= 0.3 is 0 Å². The van der Waals surface area contributed by atoms with Gasteiger partial charge in [-0.2, -0.15) is 0 Å². The molecule has 0 spiro atoms. The molecule has 3 atom stereocenters. The predicted octanol–water partition coefficient (Wildman–Crippen LogP) is 1.57. The number of hydrogen-bond acceptors (Lipinski definition) is 3. The molecule has 0 saturated carbocycles. The van der Waals surface area contributed by atoms with Crippen molar-refractivity contribution in [3.63, 3.8) is 0 Å². The quantitative estimate of drug-likeness (QED) is 0.513. The second-order valence-corrected chi connectivity index (χ2v) is 3.93. The fourth-order valence-electron chi connectivity index (χ4n) is 1.88. The van der Waals surface area contributed by atoms with Crippen molar-refractivity contribution in [2.75, 3.05) is 6.54 Å². The topological polar surface area (TPSA) is 60.2 Å². The van der Waals surface area contributed by atoms with Gasteiger partial charge in [0.2, 0.25) is 5.78 Å². The van der Waals surface area contributed by atoms with E-state index in [1.165, 1.54) is 6.92 Å². The van der Waals surface area contributed by atoms with Crippen molar-refractivity contribution < 1.29 is 9.59 Å². The Morgan fingerprint density at radius 1 is 1.47 bits per heavy atom. The minimum atomic E-state index is -0.367. The lowest BCUT2D eigenvalue weighted by molar-refractivity contribution is -0.139. The van der Waals surface area contributed by atoms with E-state index in [9.17, 15) is 9.59 Å². The zero-order valence-corrected chi connectivity index (χ0v) is 9.82. The monoisotopic (exact) mass is 211 g/mol. The van der Waals surface area contributed by atoms with E-state index in [0.717, 1.165) is 0 Å². The molecule has 0 amide bonds. The molecule has 0 fully saturated rings. The maximum Gasteiger partial charge on any atom is 0.201 e. The van der Waals surface area contributed by atoms with Gasteiger partial charge in [0.05, 0.1) is 0 Å². The van der Waals surface area contributed by atoms with Crippen LogP contribution < -0.4 is 5.73 Å². The van der Waals surface area contributed by atoms with Gasteiger partial charge in [-0.15, -0.1) is 6.58 Å². The molecule has 0 aromatic carbocycles. The first-order valence-corrected chi connectivity index (χ1v) is 5.36. The maximum absolute atomic E-state index is 11.6. The summed E-state index contributed by atoms with van der Waals surface area (Å²) in [6, 6.07) is 0. The molecule has 0 radical (unpaired) electrons. The summed E-state index contributed by atoms with van der Waals surface area (Å²) < 4.78 is 0.